The Labute approximate surface area is 157 Å². The second-order valence-electron chi connectivity index (χ2n) is 4.72. The molecule has 7 heteroatoms. The van der Waals surface area contributed by atoms with E-state index in [1.165, 1.54) is 11.3 Å². The third-order valence-electron chi connectivity index (χ3n) is 3.10. The van der Waals surface area contributed by atoms with Gasteiger partial charge in [-0.25, -0.2) is 9.98 Å². The van der Waals surface area contributed by atoms with Gasteiger partial charge in [-0.3, -0.25) is 0 Å². The van der Waals surface area contributed by atoms with Gasteiger partial charge in [-0.15, -0.1) is 11.3 Å². The summed E-state index contributed by atoms with van der Waals surface area (Å²) >= 11 is 19.1. The SMILES string of the molecule is N#CC(=Nc1ccc(Cl)c(Cl)c1)c1nc(-c2ccc(Cl)cc2)cs1. The maximum absolute atomic E-state index is 9.39. The Morgan fingerprint density at radius 2 is 1.79 bits per heavy atom. The van der Waals surface area contributed by atoms with Crippen LogP contribution < -0.4 is 0 Å². The highest BCUT2D eigenvalue weighted by atomic mass is 35.5. The number of hydrogen-bond donors (Lipinski definition) is 0. The van der Waals surface area contributed by atoms with Crippen LogP contribution in [0.4, 0.5) is 5.69 Å². The van der Waals surface area contributed by atoms with Crippen LogP contribution >= 0.6 is 46.1 Å². The largest absolute Gasteiger partial charge is 0.235 e. The molecule has 0 spiro atoms. The lowest BCUT2D eigenvalue weighted by Gasteiger charge is -1.99. The summed E-state index contributed by atoms with van der Waals surface area (Å²) in [4.78, 5) is 8.79. The minimum Gasteiger partial charge on any atom is -0.235 e. The molecule has 1 heterocycles. The maximum Gasteiger partial charge on any atom is 0.177 e. The molecule has 0 aliphatic carbocycles. The zero-order valence-corrected chi connectivity index (χ0v) is 15.1. The first-order chi connectivity index (χ1) is 11.6. The lowest BCUT2D eigenvalue weighted by molar-refractivity contribution is 1.37. The maximum atomic E-state index is 9.39. The summed E-state index contributed by atoms with van der Waals surface area (Å²) in [6.45, 7) is 0. The second kappa shape index (κ2) is 7.33. The number of halogens is 3. The van der Waals surface area contributed by atoms with E-state index in [0.29, 0.717) is 25.8 Å². The molecule has 0 radical (unpaired) electrons. The molecule has 0 atom stereocenters. The van der Waals surface area contributed by atoms with Gasteiger partial charge in [0.15, 0.2) is 10.7 Å². The molecule has 3 rings (SSSR count). The molecule has 0 amide bonds. The van der Waals surface area contributed by atoms with Crippen LogP contribution in [0.5, 0.6) is 0 Å². The minimum atomic E-state index is 0.221. The number of rotatable bonds is 3. The van der Waals surface area contributed by atoms with Crippen LogP contribution in [0.15, 0.2) is 52.8 Å². The van der Waals surface area contributed by atoms with Crippen molar-refractivity contribution in [2.75, 3.05) is 0 Å². The summed E-state index contributed by atoms with van der Waals surface area (Å²) in [5, 5.41) is 13.3. The van der Waals surface area contributed by atoms with E-state index in [-0.39, 0.29) is 5.71 Å². The fourth-order valence-electron chi connectivity index (χ4n) is 1.94. The summed E-state index contributed by atoms with van der Waals surface area (Å²) in [5.74, 6) is 0. The van der Waals surface area contributed by atoms with E-state index < -0.39 is 0 Å². The highest BCUT2D eigenvalue weighted by Gasteiger charge is 2.11. The normalized spacial score (nSPS) is 11.3. The van der Waals surface area contributed by atoms with Crippen molar-refractivity contribution in [1.29, 1.82) is 5.26 Å². The third-order valence-corrected chi connectivity index (χ3v) is 4.94. The highest BCUT2D eigenvalue weighted by Crippen LogP contribution is 2.28. The van der Waals surface area contributed by atoms with Gasteiger partial charge in [0.25, 0.3) is 0 Å². The fourth-order valence-corrected chi connectivity index (χ4v) is 3.12. The molecule has 118 valence electrons. The monoisotopic (exact) mass is 391 g/mol. The average molecular weight is 393 g/mol. The van der Waals surface area contributed by atoms with Crippen molar-refractivity contribution in [2.24, 2.45) is 4.99 Å². The standard InChI is InChI=1S/C17H8Cl3N3S/c18-11-3-1-10(2-4-11)16-9-24-17(23-16)15(8-21)22-12-5-6-13(19)14(20)7-12/h1-7,9H. The Hall–Kier alpha value is -1.90. The Balaban J connectivity index is 1.94. The van der Waals surface area contributed by atoms with E-state index in [0.717, 1.165) is 11.3 Å². The molecule has 3 nitrogen and oxygen atoms in total. The van der Waals surface area contributed by atoms with E-state index >= 15 is 0 Å². The predicted octanol–water partition coefficient (Wildman–Crippen LogP) is 6.41. The molecule has 3 aromatic rings. The summed E-state index contributed by atoms with van der Waals surface area (Å²) < 4.78 is 0. The topological polar surface area (TPSA) is 49.0 Å². The van der Waals surface area contributed by atoms with Gasteiger partial charge in [0, 0.05) is 16.0 Å². The van der Waals surface area contributed by atoms with Gasteiger partial charge in [0.1, 0.15) is 6.07 Å². The van der Waals surface area contributed by atoms with Crippen LogP contribution in [0.2, 0.25) is 15.1 Å². The summed E-state index contributed by atoms with van der Waals surface area (Å²) in [6, 6.07) is 14.4. The van der Waals surface area contributed by atoms with Crippen molar-refractivity contribution < 1.29 is 0 Å². The first kappa shape index (κ1) is 16.9. The van der Waals surface area contributed by atoms with E-state index in [1.807, 2.05) is 17.5 Å². The Bertz CT molecular complexity index is 956. The van der Waals surface area contributed by atoms with Gasteiger partial charge in [0.2, 0.25) is 0 Å². The van der Waals surface area contributed by atoms with Crippen molar-refractivity contribution in [3.63, 3.8) is 0 Å². The summed E-state index contributed by atoms with van der Waals surface area (Å²) in [5.41, 5.74) is 2.46. The molecule has 1 aromatic heterocycles. The number of hydrogen-bond acceptors (Lipinski definition) is 4. The van der Waals surface area contributed by atoms with E-state index in [9.17, 15) is 5.26 Å². The number of aliphatic imine (C=N–C) groups is 1. The van der Waals surface area contributed by atoms with Crippen molar-refractivity contribution >= 4 is 57.5 Å². The first-order valence-electron chi connectivity index (χ1n) is 6.72. The molecule has 0 N–H and O–H groups in total. The van der Waals surface area contributed by atoms with Crippen molar-refractivity contribution in [3.8, 4) is 17.3 Å². The summed E-state index contributed by atoms with van der Waals surface area (Å²) in [7, 11) is 0. The Morgan fingerprint density at radius 1 is 1.04 bits per heavy atom. The van der Waals surface area contributed by atoms with Gasteiger partial charge in [-0.1, -0.05) is 46.9 Å². The fraction of sp³-hybridized carbons (Fsp3) is 0. The molecule has 0 saturated carbocycles. The predicted molar refractivity (Wildman–Crippen MR) is 101 cm³/mol. The number of nitrogens with zero attached hydrogens (tertiary/aromatic N) is 3. The third kappa shape index (κ3) is 3.77. The van der Waals surface area contributed by atoms with E-state index in [4.69, 9.17) is 34.8 Å². The van der Waals surface area contributed by atoms with Crippen molar-refractivity contribution in [1.82, 2.24) is 4.98 Å². The van der Waals surface area contributed by atoms with Gasteiger partial charge >= 0.3 is 0 Å². The Kier molecular flexibility index (Phi) is 5.17. The average Bonchev–Trinajstić information content (AvgIpc) is 3.06. The Morgan fingerprint density at radius 3 is 2.46 bits per heavy atom. The molecule has 0 fully saturated rings. The molecule has 24 heavy (non-hydrogen) atoms. The minimum absolute atomic E-state index is 0.221. The summed E-state index contributed by atoms with van der Waals surface area (Å²) in [6.07, 6.45) is 0. The molecular weight excluding hydrogens is 385 g/mol. The molecule has 0 aliphatic rings. The van der Waals surface area contributed by atoms with E-state index in [2.05, 4.69) is 16.0 Å². The van der Waals surface area contributed by atoms with Gasteiger partial charge < -0.3 is 0 Å². The highest BCUT2D eigenvalue weighted by molar-refractivity contribution is 7.12. The van der Waals surface area contributed by atoms with Gasteiger partial charge in [-0.2, -0.15) is 5.26 Å². The molecule has 2 aromatic carbocycles. The zero-order valence-electron chi connectivity index (χ0n) is 12.0. The van der Waals surface area contributed by atoms with Crippen LogP contribution in [0.1, 0.15) is 5.01 Å². The molecule has 0 aliphatic heterocycles. The van der Waals surface area contributed by atoms with E-state index in [1.54, 1.807) is 30.3 Å². The second-order valence-corrected chi connectivity index (χ2v) is 6.82. The quantitative estimate of drug-likeness (QED) is 0.483. The van der Waals surface area contributed by atoms with Crippen LogP contribution in [0.3, 0.4) is 0 Å². The van der Waals surface area contributed by atoms with Gasteiger partial charge in [-0.05, 0) is 30.3 Å². The number of thiazole rings is 1. The first-order valence-corrected chi connectivity index (χ1v) is 8.74. The van der Waals surface area contributed by atoms with Crippen LogP contribution in [0.25, 0.3) is 11.3 Å². The number of nitriles is 1. The van der Waals surface area contributed by atoms with Crippen molar-refractivity contribution in [2.45, 2.75) is 0 Å². The zero-order chi connectivity index (χ0) is 17.1. The van der Waals surface area contributed by atoms with Crippen LogP contribution in [-0.4, -0.2) is 10.7 Å². The molecule has 0 saturated heterocycles. The van der Waals surface area contributed by atoms with Crippen LogP contribution in [0, 0.1) is 11.3 Å². The number of benzene rings is 2. The lowest BCUT2D eigenvalue weighted by atomic mass is 10.2. The molecule has 0 unspecified atom stereocenters. The van der Waals surface area contributed by atoms with Crippen LogP contribution in [-0.2, 0) is 0 Å². The molecular formula is C17H8Cl3N3S. The van der Waals surface area contributed by atoms with Gasteiger partial charge in [0.05, 0.1) is 21.4 Å². The smallest absolute Gasteiger partial charge is 0.177 e. The lowest BCUT2D eigenvalue weighted by Crippen LogP contribution is -1.95. The van der Waals surface area contributed by atoms with Crippen molar-refractivity contribution in [3.05, 3.63) is 67.9 Å². The molecule has 0 bridgehead atoms. The number of aromatic nitrogens is 1.